The van der Waals surface area contributed by atoms with Crippen molar-refractivity contribution in [3.05, 3.63) is 0 Å². The van der Waals surface area contributed by atoms with Gasteiger partial charge in [-0.1, -0.05) is 21.6 Å². The molecule has 0 N–H and O–H groups in total. The van der Waals surface area contributed by atoms with E-state index in [1.54, 1.807) is 0 Å². The molecule has 86 valence electrons. The highest BCUT2D eigenvalue weighted by Gasteiger charge is 2.41. The highest BCUT2D eigenvalue weighted by Crippen LogP contribution is 2.43. The molecule has 2 unspecified atom stereocenters. The van der Waals surface area contributed by atoms with E-state index in [1.807, 2.05) is 0 Å². The predicted molar refractivity (Wildman–Crippen MR) is 46.2 cm³/mol. The zero-order valence-electron chi connectivity index (χ0n) is 7.24. The quantitative estimate of drug-likeness (QED) is 0.547. The Bertz CT molecular complexity index is 154. The van der Waals surface area contributed by atoms with Crippen molar-refractivity contribution in [2.45, 2.75) is 36.7 Å². The maximum atomic E-state index is 11.9. The molecule has 0 fully saturated rings. The first kappa shape index (κ1) is 14.3. The number of hydrogen-bond acceptors (Lipinski definition) is 2. The van der Waals surface area contributed by atoms with E-state index >= 15 is 0 Å². The molecule has 8 heteroatoms. The Morgan fingerprint density at radius 3 is 1.07 bits per heavy atom. The van der Waals surface area contributed by atoms with Crippen molar-refractivity contribution in [1.29, 1.82) is 0 Å². The molecule has 14 heavy (non-hydrogen) atoms. The van der Waals surface area contributed by atoms with Gasteiger partial charge in [-0.05, 0) is 13.8 Å². The number of halogens is 6. The molecule has 0 saturated carbocycles. The largest absolute Gasteiger partial charge is 0.401 e. The second-order valence-electron chi connectivity index (χ2n) is 2.56. The smallest absolute Gasteiger partial charge is 0.170 e. The maximum absolute atomic E-state index is 11.9. The summed E-state index contributed by atoms with van der Waals surface area (Å²) in [5.41, 5.74) is 0. The first-order valence-corrected chi connectivity index (χ1v) is 5.78. The Balaban J connectivity index is 3.96. The molecule has 0 aromatic rings. The molecule has 0 rings (SSSR count). The summed E-state index contributed by atoms with van der Waals surface area (Å²) in [5.74, 6) is 0. The summed E-state index contributed by atoms with van der Waals surface area (Å²) in [6, 6.07) is 0. The van der Waals surface area contributed by atoms with Crippen LogP contribution in [-0.4, -0.2) is 22.9 Å². The molecule has 0 nitrogen and oxygen atoms in total. The summed E-state index contributed by atoms with van der Waals surface area (Å²) in [4.78, 5) is 0. The third-order valence-electron chi connectivity index (χ3n) is 1.27. The standard InChI is InChI=1S/C6H8F6S2/c1-3(5(7,8)9)13-14-4(2)6(10,11)12/h3-4H,1-2H3. The van der Waals surface area contributed by atoms with E-state index in [0.29, 0.717) is 0 Å². The van der Waals surface area contributed by atoms with Crippen LogP contribution in [0.4, 0.5) is 26.3 Å². The van der Waals surface area contributed by atoms with Gasteiger partial charge >= 0.3 is 12.4 Å². The van der Waals surface area contributed by atoms with Gasteiger partial charge in [0.2, 0.25) is 0 Å². The van der Waals surface area contributed by atoms with E-state index < -0.39 is 22.9 Å². The predicted octanol–water partition coefficient (Wildman–Crippen LogP) is 4.27. The van der Waals surface area contributed by atoms with Crippen LogP contribution in [0.2, 0.25) is 0 Å². The van der Waals surface area contributed by atoms with Gasteiger partial charge in [-0.25, -0.2) is 0 Å². The second kappa shape index (κ2) is 4.87. The summed E-state index contributed by atoms with van der Waals surface area (Å²) >= 11 is 0. The van der Waals surface area contributed by atoms with Crippen LogP contribution in [0.5, 0.6) is 0 Å². The molecular formula is C6H8F6S2. The van der Waals surface area contributed by atoms with Gasteiger partial charge in [0.25, 0.3) is 0 Å². The Kier molecular flexibility index (Phi) is 4.97. The number of rotatable bonds is 3. The van der Waals surface area contributed by atoms with Crippen molar-refractivity contribution in [2.24, 2.45) is 0 Å². The highest BCUT2D eigenvalue weighted by atomic mass is 33.1. The molecule has 0 heterocycles. The third-order valence-corrected chi connectivity index (χ3v) is 4.55. The molecule has 0 spiro atoms. The SMILES string of the molecule is CC(SSC(C)C(F)(F)F)C(F)(F)F. The molecule has 2 atom stereocenters. The lowest BCUT2D eigenvalue weighted by atomic mass is 10.5. The van der Waals surface area contributed by atoms with Crippen molar-refractivity contribution in [1.82, 2.24) is 0 Å². The normalized spacial score (nSPS) is 18.0. The molecule has 0 aliphatic rings. The van der Waals surface area contributed by atoms with E-state index in [2.05, 4.69) is 0 Å². The molecule has 0 saturated heterocycles. The summed E-state index contributed by atoms with van der Waals surface area (Å²) < 4.78 is 71.3. The topological polar surface area (TPSA) is 0 Å². The molecule has 0 aromatic heterocycles. The fourth-order valence-corrected chi connectivity index (χ4v) is 2.48. The summed E-state index contributed by atoms with van der Waals surface area (Å²) in [6.45, 7) is 1.67. The van der Waals surface area contributed by atoms with E-state index in [0.717, 1.165) is 13.8 Å². The van der Waals surface area contributed by atoms with Crippen LogP contribution in [-0.2, 0) is 0 Å². The van der Waals surface area contributed by atoms with Gasteiger partial charge in [0.15, 0.2) is 0 Å². The maximum Gasteiger partial charge on any atom is 0.401 e. The molecular weight excluding hydrogens is 250 g/mol. The lowest BCUT2D eigenvalue weighted by Crippen LogP contribution is -2.24. The molecule has 0 radical (unpaired) electrons. The summed E-state index contributed by atoms with van der Waals surface area (Å²) in [7, 11) is 0.380. The van der Waals surface area contributed by atoms with Crippen molar-refractivity contribution in [2.75, 3.05) is 0 Å². The fourth-order valence-electron chi connectivity index (χ4n) is 0.276. The first-order valence-electron chi connectivity index (χ1n) is 3.50. The Hall–Kier alpha value is 0.280. The van der Waals surface area contributed by atoms with Crippen LogP contribution < -0.4 is 0 Å². The average Bonchev–Trinajstić information content (AvgIpc) is 1.95. The minimum Gasteiger partial charge on any atom is -0.170 e. The minimum absolute atomic E-state index is 0.190. The second-order valence-corrected chi connectivity index (χ2v) is 5.51. The van der Waals surface area contributed by atoms with E-state index in [-0.39, 0.29) is 21.6 Å². The number of hydrogen-bond donors (Lipinski definition) is 0. The summed E-state index contributed by atoms with van der Waals surface area (Å²) in [6.07, 6.45) is -8.91. The van der Waals surface area contributed by atoms with Crippen LogP contribution in [0.25, 0.3) is 0 Å². The van der Waals surface area contributed by atoms with Crippen LogP contribution in [0.3, 0.4) is 0 Å². The van der Waals surface area contributed by atoms with Gasteiger partial charge in [0.1, 0.15) is 10.5 Å². The van der Waals surface area contributed by atoms with Crippen LogP contribution in [0.1, 0.15) is 13.8 Å². The Morgan fingerprint density at radius 2 is 0.929 bits per heavy atom. The Morgan fingerprint density at radius 1 is 0.714 bits per heavy atom. The van der Waals surface area contributed by atoms with E-state index in [4.69, 9.17) is 0 Å². The van der Waals surface area contributed by atoms with Crippen LogP contribution in [0.15, 0.2) is 0 Å². The molecule has 0 aliphatic heterocycles. The van der Waals surface area contributed by atoms with Crippen LogP contribution >= 0.6 is 21.6 Å². The molecule has 0 bridgehead atoms. The van der Waals surface area contributed by atoms with Crippen LogP contribution in [0, 0.1) is 0 Å². The zero-order chi connectivity index (χ0) is 11.6. The molecule has 0 aliphatic carbocycles. The Labute approximate surface area is 85.2 Å². The average molecular weight is 258 g/mol. The third kappa shape index (κ3) is 5.23. The van der Waals surface area contributed by atoms with Gasteiger partial charge in [-0.3, -0.25) is 0 Å². The fraction of sp³-hybridized carbons (Fsp3) is 1.00. The van der Waals surface area contributed by atoms with Gasteiger partial charge in [0, 0.05) is 0 Å². The lowest BCUT2D eigenvalue weighted by molar-refractivity contribution is -0.126. The van der Waals surface area contributed by atoms with Gasteiger partial charge in [-0.15, -0.1) is 0 Å². The van der Waals surface area contributed by atoms with Crippen molar-refractivity contribution in [3.63, 3.8) is 0 Å². The van der Waals surface area contributed by atoms with Crippen molar-refractivity contribution >= 4 is 21.6 Å². The van der Waals surface area contributed by atoms with Crippen molar-refractivity contribution < 1.29 is 26.3 Å². The summed E-state index contributed by atoms with van der Waals surface area (Å²) in [5, 5.41) is -3.59. The lowest BCUT2D eigenvalue weighted by Gasteiger charge is -2.18. The van der Waals surface area contributed by atoms with E-state index in [9.17, 15) is 26.3 Å². The number of alkyl halides is 6. The highest BCUT2D eigenvalue weighted by molar-refractivity contribution is 8.77. The van der Waals surface area contributed by atoms with Gasteiger partial charge in [-0.2, -0.15) is 26.3 Å². The molecule has 0 aromatic carbocycles. The van der Waals surface area contributed by atoms with E-state index in [1.165, 1.54) is 0 Å². The van der Waals surface area contributed by atoms with Gasteiger partial charge in [0.05, 0.1) is 0 Å². The molecule has 0 amide bonds. The van der Waals surface area contributed by atoms with Crippen molar-refractivity contribution in [3.8, 4) is 0 Å². The zero-order valence-corrected chi connectivity index (χ0v) is 8.87. The first-order chi connectivity index (χ1) is 6.05. The minimum atomic E-state index is -4.46. The van der Waals surface area contributed by atoms with Gasteiger partial charge < -0.3 is 0 Å². The monoisotopic (exact) mass is 258 g/mol.